The molecule has 0 bridgehead atoms. The molecule has 0 heterocycles. The molecule has 0 N–H and O–H groups in total. The van der Waals surface area contributed by atoms with Crippen LogP contribution in [0.3, 0.4) is 0 Å². The van der Waals surface area contributed by atoms with Crippen molar-refractivity contribution < 1.29 is 14.3 Å². The number of hydrogen-bond acceptors (Lipinski definition) is 3. The summed E-state index contributed by atoms with van der Waals surface area (Å²) in [6, 6.07) is 11.0. The van der Waals surface area contributed by atoms with Crippen molar-refractivity contribution >= 4 is 17.8 Å². The summed E-state index contributed by atoms with van der Waals surface area (Å²) in [7, 11) is 5.07. The Kier molecular flexibility index (Phi) is 7.38. The van der Waals surface area contributed by atoms with Gasteiger partial charge in [0.05, 0.1) is 7.11 Å². The van der Waals surface area contributed by atoms with Crippen LogP contribution >= 0.6 is 0 Å². The lowest BCUT2D eigenvalue weighted by molar-refractivity contribution is 0.0827. The van der Waals surface area contributed by atoms with E-state index in [2.05, 4.69) is 39.8 Å². The van der Waals surface area contributed by atoms with Crippen LogP contribution in [-0.4, -0.2) is 37.8 Å². The van der Waals surface area contributed by atoms with Gasteiger partial charge in [0.2, 0.25) is 0 Å². The van der Waals surface area contributed by atoms with Gasteiger partial charge in [-0.1, -0.05) is 45.9 Å². The number of carbonyl (C=O) groups is 2. The van der Waals surface area contributed by atoms with Crippen molar-refractivity contribution in [2.24, 2.45) is 0 Å². The molecule has 0 saturated heterocycles. The minimum absolute atomic E-state index is 0.0870. The van der Waals surface area contributed by atoms with Gasteiger partial charge in [0, 0.05) is 30.8 Å². The smallest absolute Gasteiger partial charge is 0.253 e. The third kappa shape index (κ3) is 5.35. The predicted molar refractivity (Wildman–Crippen MR) is 119 cm³/mol. The molecule has 0 fully saturated rings. The number of carbonyl (C=O) groups excluding carboxylic acids is 2. The number of methoxy groups -OCH3 is 1. The molecule has 2 aromatic carbocycles. The highest BCUT2D eigenvalue weighted by Gasteiger charge is 2.15. The van der Waals surface area contributed by atoms with E-state index in [1.165, 1.54) is 10.5 Å². The molecule has 4 nitrogen and oxygen atoms in total. The third-order valence-electron chi connectivity index (χ3n) is 4.90. The summed E-state index contributed by atoms with van der Waals surface area (Å²) in [5, 5.41) is 0. The standard InChI is InChI=1S/C25H31NO3/c1-16(2)21-14-20(24(29-7)22(15-21)17(3)4)12-13-23(27)18-8-10-19(11-9-18)25(28)26(5)6/h8-17H,1-7H3. The molecule has 2 rings (SSSR count). The monoisotopic (exact) mass is 393 g/mol. The fourth-order valence-corrected chi connectivity index (χ4v) is 3.12. The molecule has 0 aliphatic rings. The van der Waals surface area contributed by atoms with Crippen molar-refractivity contribution in [3.63, 3.8) is 0 Å². The molecule has 0 spiro atoms. The van der Waals surface area contributed by atoms with E-state index in [9.17, 15) is 9.59 Å². The summed E-state index contributed by atoms with van der Waals surface area (Å²) in [6.45, 7) is 8.58. The van der Waals surface area contributed by atoms with Crippen molar-refractivity contribution in [3.05, 3.63) is 70.3 Å². The molecule has 0 atom stereocenters. The number of rotatable bonds is 7. The van der Waals surface area contributed by atoms with Gasteiger partial charge in [0.1, 0.15) is 5.75 Å². The Hall–Kier alpha value is -2.88. The average Bonchev–Trinajstić information content (AvgIpc) is 2.70. The fourth-order valence-electron chi connectivity index (χ4n) is 3.12. The van der Waals surface area contributed by atoms with Gasteiger partial charge >= 0.3 is 0 Å². The van der Waals surface area contributed by atoms with E-state index in [4.69, 9.17) is 4.74 Å². The first-order valence-corrected chi connectivity index (χ1v) is 9.91. The number of hydrogen-bond donors (Lipinski definition) is 0. The van der Waals surface area contributed by atoms with Gasteiger partial charge in [0.25, 0.3) is 5.91 Å². The summed E-state index contributed by atoms with van der Waals surface area (Å²) in [4.78, 5) is 26.2. The van der Waals surface area contributed by atoms with Crippen LogP contribution in [0.25, 0.3) is 6.08 Å². The number of allylic oxidation sites excluding steroid dienone is 1. The quantitative estimate of drug-likeness (QED) is 0.458. The lowest BCUT2D eigenvalue weighted by Gasteiger charge is -2.18. The molecule has 4 heteroatoms. The van der Waals surface area contributed by atoms with E-state index < -0.39 is 0 Å². The van der Waals surface area contributed by atoms with Crippen LogP contribution in [0.1, 0.15) is 76.9 Å². The van der Waals surface area contributed by atoms with E-state index in [0.717, 1.165) is 16.9 Å². The summed E-state index contributed by atoms with van der Waals surface area (Å²) in [5.74, 6) is 1.30. The molecular weight excluding hydrogens is 362 g/mol. The van der Waals surface area contributed by atoms with Crippen molar-refractivity contribution in [2.75, 3.05) is 21.2 Å². The third-order valence-corrected chi connectivity index (χ3v) is 4.90. The molecule has 0 radical (unpaired) electrons. The number of ketones is 1. The minimum atomic E-state index is -0.114. The number of amides is 1. The van der Waals surface area contributed by atoms with Crippen molar-refractivity contribution in [2.45, 2.75) is 39.5 Å². The fraction of sp³-hybridized carbons (Fsp3) is 0.360. The molecule has 0 aliphatic carbocycles. The van der Waals surface area contributed by atoms with Crippen molar-refractivity contribution in [3.8, 4) is 5.75 Å². The van der Waals surface area contributed by atoms with Gasteiger partial charge in [-0.3, -0.25) is 9.59 Å². The minimum Gasteiger partial charge on any atom is -0.496 e. The molecule has 0 unspecified atom stereocenters. The van der Waals surface area contributed by atoms with Gasteiger partial charge in [0.15, 0.2) is 5.78 Å². The van der Waals surface area contributed by atoms with E-state index in [1.807, 2.05) is 6.08 Å². The molecule has 1 amide bonds. The predicted octanol–water partition coefficient (Wildman–Crippen LogP) is 5.54. The van der Waals surface area contributed by atoms with Gasteiger partial charge in [-0.2, -0.15) is 0 Å². The Balaban J connectivity index is 2.35. The second-order valence-electron chi connectivity index (χ2n) is 8.02. The molecule has 0 saturated carbocycles. The molecule has 154 valence electrons. The van der Waals surface area contributed by atoms with Crippen LogP contribution in [0.5, 0.6) is 5.75 Å². The van der Waals surface area contributed by atoms with Crippen molar-refractivity contribution in [1.82, 2.24) is 4.90 Å². The van der Waals surface area contributed by atoms with Crippen LogP contribution in [0, 0.1) is 0 Å². The topological polar surface area (TPSA) is 46.6 Å². The largest absolute Gasteiger partial charge is 0.496 e. The van der Waals surface area contributed by atoms with E-state index >= 15 is 0 Å². The van der Waals surface area contributed by atoms with Crippen LogP contribution in [0.15, 0.2) is 42.5 Å². The average molecular weight is 394 g/mol. The van der Waals surface area contributed by atoms with E-state index in [0.29, 0.717) is 23.0 Å². The molecule has 2 aromatic rings. The van der Waals surface area contributed by atoms with Crippen molar-refractivity contribution in [1.29, 1.82) is 0 Å². The number of ether oxygens (including phenoxy) is 1. The van der Waals surface area contributed by atoms with Gasteiger partial charge in [-0.25, -0.2) is 0 Å². The maximum absolute atomic E-state index is 12.6. The number of nitrogens with zero attached hydrogens (tertiary/aromatic N) is 1. The maximum atomic E-state index is 12.6. The highest BCUT2D eigenvalue weighted by atomic mass is 16.5. The van der Waals surface area contributed by atoms with Crippen LogP contribution < -0.4 is 4.74 Å². The Morgan fingerprint density at radius 3 is 2.00 bits per heavy atom. The van der Waals surface area contributed by atoms with Crippen LogP contribution in [0.2, 0.25) is 0 Å². The highest BCUT2D eigenvalue weighted by Crippen LogP contribution is 2.34. The summed E-state index contributed by atoms with van der Waals surface area (Å²) in [5.41, 5.74) is 4.35. The lowest BCUT2D eigenvalue weighted by Crippen LogP contribution is -2.21. The summed E-state index contributed by atoms with van der Waals surface area (Å²) in [6.07, 6.45) is 3.38. The molecular formula is C25H31NO3. The Morgan fingerprint density at radius 1 is 0.931 bits per heavy atom. The highest BCUT2D eigenvalue weighted by molar-refractivity contribution is 6.07. The summed E-state index contributed by atoms with van der Waals surface area (Å²) >= 11 is 0. The maximum Gasteiger partial charge on any atom is 0.253 e. The zero-order valence-electron chi connectivity index (χ0n) is 18.4. The second-order valence-corrected chi connectivity index (χ2v) is 8.02. The first-order chi connectivity index (χ1) is 13.6. The zero-order chi connectivity index (χ0) is 21.7. The Morgan fingerprint density at radius 2 is 1.52 bits per heavy atom. The lowest BCUT2D eigenvalue weighted by atomic mass is 9.91. The summed E-state index contributed by atoms with van der Waals surface area (Å²) < 4.78 is 5.67. The van der Waals surface area contributed by atoms with Gasteiger partial charge in [-0.15, -0.1) is 0 Å². The van der Waals surface area contributed by atoms with Crippen LogP contribution in [0.4, 0.5) is 0 Å². The molecule has 0 aliphatic heterocycles. The molecule has 29 heavy (non-hydrogen) atoms. The Bertz CT molecular complexity index is 906. The molecule has 0 aromatic heterocycles. The first kappa shape index (κ1) is 22.4. The Labute approximate surface area is 174 Å². The normalized spacial score (nSPS) is 11.3. The second kappa shape index (κ2) is 9.55. The zero-order valence-corrected chi connectivity index (χ0v) is 18.4. The van der Waals surface area contributed by atoms with Gasteiger partial charge < -0.3 is 9.64 Å². The first-order valence-electron chi connectivity index (χ1n) is 9.91. The van der Waals surface area contributed by atoms with Gasteiger partial charge in [-0.05, 0) is 53.3 Å². The number of benzene rings is 2. The van der Waals surface area contributed by atoms with E-state index in [1.54, 1.807) is 51.5 Å². The van der Waals surface area contributed by atoms with E-state index in [-0.39, 0.29) is 11.7 Å². The SMILES string of the molecule is COc1c(C=CC(=O)c2ccc(C(=O)N(C)C)cc2)cc(C(C)C)cc1C(C)C. The van der Waals surface area contributed by atoms with Crippen LogP contribution in [-0.2, 0) is 0 Å².